The third-order valence-corrected chi connectivity index (χ3v) is 7.73. The molecular formula is C30H23BrN2O3S2. The van der Waals surface area contributed by atoms with E-state index in [0.717, 1.165) is 27.7 Å². The molecule has 2 aliphatic carbocycles. The fourth-order valence-corrected chi connectivity index (χ4v) is 5.40. The van der Waals surface area contributed by atoms with Crippen LogP contribution in [0.5, 0.6) is 0 Å². The molecule has 4 aromatic rings. The Morgan fingerprint density at radius 2 is 1.29 bits per heavy atom. The van der Waals surface area contributed by atoms with Gasteiger partial charge in [-0.15, -0.1) is 0 Å². The highest BCUT2D eigenvalue weighted by molar-refractivity contribution is 9.10. The van der Waals surface area contributed by atoms with Crippen molar-refractivity contribution in [3.05, 3.63) is 106 Å². The zero-order valence-corrected chi connectivity index (χ0v) is 23.5. The zero-order valence-electron chi connectivity index (χ0n) is 20.1. The molecule has 6 rings (SSSR count). The van der Waals surface area contributed by atoms with E-state index in [2.05, 4.69) is 76.1 Å². The Balaban J connectivity index is 0.000000156. The Labute approximate surface area is 240 Å². The molecule has 0 fully saturated rings. The number of thiol groups is 2. The Hall–Kier alpha value is -3.33. The van der Waals surface area contributed by atoms with Gasteiger partial charge in [0.15, 0.2) is 5.78 Å². The molecule has 190 valence electrons. The smallest absolute Gasteiger partial charge is 0.234 e. The second-order valence-electron chi connectivity index (χ2n) is 8.83. The molecule has 0 heterocycles. The first-order chi connectivity index (χ1) is 18.4. The number of amides is 2. The fourth-order valence-electron chi connectivity index (χ4n) is 4.79. The summed E-state index contributed by atoms with van der Waals surface area (Å²) in [7, 11) is 0. The van der Waals surface area contributed by atoms with Gasteiger partial charge in [-0.3, -0.25) is 14.4 Å². The van der Waals surface area contributed by atoms with Gasteiger partial charge in [-0.05, 0) is 67.5 Å². The average molecular weight is 604 g/mol. The molecule has 38 heavy (non-hydrogen) atoms. The molecule has 4 aromatic carbocycles. The average Bonchev–Trinajstić information content (AvgIpc) is 3.45. The molecule has 8 heteroatoms. The Bertz CT molecular complexity index is 1600. The van der Waals surface area contributed by atoms with Crippen LogP contribution in [-0.4, -0.2) is 29.1 Å². The van der Waals surface area contributed by atoms with E-state index in [1.54, 1.807) is 6.07 Å². The van der Waals surface area contributed by atoms with Gasteiger partial charge in [0.2, 0.25) is 11.8 Å². The number of hydrogen-bond acceptors (Lipinski definition) is 5. The summed E-state index contributed by atoms with van der Waals surface area (Å²) >= 11 is 11.3. The van der Waals surface area contributed by atoms with Crippen molar-refractivity contribution >= 4 is 70.2 Å². The molecule has 0 spiro atoms. The maximum atomic E-state index is 12.4. The fraction of sp³-hybridized carbons (Fsp3) is 0.100. The number of benzene rings is 4. The van der Waals surface area contributed by atoms with Crippen LogP contribution in [0.15, 0.2) is 83.3 Å². The summed E-state index contributed by atoms with van der Waals surface area (Å²) in [5.74, 6) is 0.0120. The van der Waals surface area contributed by atoms with Crippen LogP contribution in [-0.2, 0) is 16.0 Å². The molecule has 0 bridgehead atoms. The van der Waals surface area contributed by atoms with E-state index in [4.69, 9.17) is 0 Å². The molecule has 0 saturated carbocycles. The van der Waals surface area contributed by atoms with Crippen LogP contribution in [0.25, 0.3) is 22.3 Å². The van der Waals surface area contributed by atoms with Crippen molar-refractivity contribution in [2.45, 2.75) is 6.42 Å². The SMILES string of the molecule is O=C(CS)Nc1cc2c(cc1Br)-c1ccccc1C2=O.O=C(CS)Nc1cccc2c1Cc1ccccc1-2. The number of carbonyl (C=O) groups is 3. The van der Waals surface area contributed by atoms with E-state index in [1.807, 2.05) is 48.5 Å². The van der Waals surface area contributed by atoms with Gasteiger partial charge >= 0.3 is 0 Å². The molecule has 2 amide bonds. The molecule has 0 atom stereocenters. The number of fused-ring (bicyclic) bond motifs is 6. The third-order valence-electron chi connectivity index (χ3n) is 6.50. The quantitative estimate of drug-likeness (QED) is 0.171. The van der Waals surface area contributed by atoms with Gasteiger partial charge in [0.05, 0.1) is 17.2 Å². The van der Waals surface area contributed by atoms with Crippen LogP contribution in [0.1, 0.15) is 27.0 Å². The minimum absolute atomic E-state index is 0.00975. The predicted octanol–water partition coefficient (Wildman–Crippen LogP) is 6.65. The van der Waals surface area contributed by atoms with Gasteiger partial charge in [-0.2, -0.15) is 25.3 Å². The maximum absolute atomic E-state index is 12.4. The zero-order chi connectivity index (χ0) is 26.8. The van der Waals surface area contributed by atoms with Gasteiger partial charge in [-0.1, -0.05) is 60.7 Å². The van der Waals surface area contributed by atoms with Crippen LogP contribution in [0.2, 0.25) is 0 Å². The summed E-state index contributed by atoms with van der Waals surface area (Å²) in [6.07, 6.45) is 0.883. The van der Waals surface area contributed by atoms with Crippen LogP contribution in [0.3, 0.4) is 0 Å². The molecule has 0 saturated heterocycles. The highest BCUT2D eigenvalue weighted by Gasteiger charge is 2.27. The highest BCUT2D eigenvalue weighted by Crippen LogP contribution is 2.41. The lowest BCUT2D eigenvalue weighted by molar-refractivity contribution is -0.114. The van der Waals surface area contributed by atoms with E-state index in [1.165, 1.54) is 22.3 Å². The third kappa shape index (κ3) is 5.04. The summed E-state index contributed by atoms with van der Waals surface area (Å²) in [6, 6.07) is 25.5. The summed E-state index contributed by atoms with van der Waals surface area (Å²) in [5.41, 5.74) is 9.65. The summed E-state index contributed by atoms with van der Waals surface area (Å²) in [5, 5.41) is 5.63. The number of hydrogen-bond donors (Lipinski definition) is 4. The van der Waals surface area contributed by atoms with Crippen molar-refractivity contribution in [3.8, 4) is 22.3 Å². The predicted molar refractivity (Wildman–Crippen MR) is 163 cm³/mol. The molecule has 0 aliphatic heterocycles. The first-order valence-electron chi connectivity index (χ1n) is 11.9. The van der Waals surface area contributed by atoms with Crippen LogP contribution in [0.4, 0.5) is 11.4 Å². The minimum atomic E-state index is -0.211. The molecule has 0 aromatic heterocycles. The van der Waals surface area contributed by atoms with Crippen molar-refractivity contribution in [1.29, 1.82) is 0 Å². The summed E-state index contributed by atoms with van der Waals surface area (Å²) in [6.45, 7) is 0. The van der Waals surface area contributed by atoms with Gasteiger partial charge in [0.1, 0.15) is 0 Å². The summed E-state index contributed by atoms with van der Waals surface area (Å²) in [4.78, 5) is 35.3. The lowest BCUT2D eigenvalue weighted by atomic mass is 10.1. The maximum Gasteiger partial charge on any atom is 0.234 e. The largest absolute Gasteiger partial charge is 0.325 e. The number of anilines is 2. The second kappa shape index (κ2) is 11.2. The van der Waals surface area contributed by atoms with Crippen molar-refractivity contribution in [1.82, 2.24) is 0 Å². The van der Waals surface area contributed by atoms with Crippen molar-refractivity contribution in [3.63, 3.8) is 0 Å². The second-order valence-corrected chi connectivity index (χ2v) is 10.3. The number of nitrogens with one attached hydrogen (secondary N) is 2. The molecule has 5 nitrogen and oxygen atoms in total. The van der Waals surface area contributed by atoms with Gasteiger partial charge < -0.3 is 10.6 Å². The Kier molecular flexibility index (Phi) is 7.74. The van der Waals surface area contributed by atoms with Crippen molar-refractivity contribution in [2.24, 2.45) is 0 Å². The number of halogens is 1. The van der Waals surface area contributed by atoms with Gasteiger partial charge in [0.25, 0.3) is 0 Å². The first-order valence-corrected chi connectivity index (χ1v) is 14.0. The molecule has 0 radical (unpaired) electrons. The van der Waals surface area contributed by atoms with Gasteiger partial charge in [0, 0.05) is 27.7 Å². The molecule has 0 unspecified atom stereocenters. The minimum Gasteiger partial charge on any atom is -0.325 e. The van der Waals surface area contributed by atoms with Crippen LogP contribution >= 0.6 is 41.2 Å². The van der Waals surface area contributed by atoms with Crippen molar-refractivity contribution in [2.75, 3.05) is 22.1 Å². The van der Waals surface area contributed by atoms with Crippen molar-refractivity contribution < 1.29 is 14.4 Å². The lowest BCUT2D eigenvalue weighted by Crippen LogP contribution is -2.13. The topological polar surface area (TPSA) is 75.3 Å². The highest BCUT2D eigenvalue weighted by atomic mass is 79.9. The van der Waals surface area contributed by atoms with E-state index in [9.17, 15) is 14.4 Å². The monoisotopic (exact) mass is 602 g/mol. The van der Waals surface area contributed by atoms with E-state index < -0.39 is 0 Å². The molecular weight excluding hydrogens is 580 g/mol. The summed E-state index contributed by atoms with van der Waals surface area (Å²) < 4.78 is 0.746. The van der Waals surface area contributed by atoms with Crippen LogP contribution in [0, 0.1) is 0 Å². The molecule has 2 aliphatic rings. The standard InChI is InChI=1S/C15H10BrNO2S.C15H13NOS/c16-12-5-10-8-3-1-2-4-9(8)15(19)11(10)6-13(12)17-14(18)7-20;17-15(9-18)16-14-7-3-6-12-11-5-2-1-4-10(11)8-13(12)14/h1-6,20H,7H2,(H,17,18);1-7,18H,8-9H2,(H,16,17). The lowest BCUT2D eigenvalue weighted by Gasteiger charge is -2.09. The first kappa shape index (κ1) is 26.3. The normalized spacial score (nSPS) is 11.9. The van der Waals surface area contributed by atoms with Crippen LogP contribution < -0.4 is 10.6 Å². The number of ketones is 1. The number of carbonyl (C=O) groups excluding carboxylic acids is 3. The molecule has 2 N–H and O–H groups in total. The van der Waals surface area contributed by atoms with E-state index >= 15 is 0 Å². The van der Waals surface area contributed by atoms with E-state index in [0.29, 0.717) is 16.8 Å². The Morgan fingerprint density at radius 1 is 0.684 bits per heavy atom. The number of rotatable bonds is 4. The van der Waals surface area contributed by atoms with Gasteiger partial charge in [-0.25, -0.2) is 0 Å². The van der Waals surface area contributed by atoms with E-state index in [-0.39, 0.29) is 29.1 Å². The Morgan fingerprint density at radius 3 is 2.00 bits per heavy atom.